The molecule has 2 aromatic rings. The second kappa shape index (κ2) is 7.96. The standard InChI is InChI=1S/C20H23ClN2O4/c1-20(2,13-26-16-8-6-15(22)7-9-16)23-11-18(27-19(23)24)12-25-17-5-3-4-14(21)10-17/h3-10,18H,11-13,22H2,1-2H3. The number of amides is 1. The van der Waals surface area contributed by atoms with Crippen LogP contribution in [0.1, 0.15) is 13.8 Å². The average molecular weight is 391 g/mol. The number of hydrogen-bond acceptors (Lipinski definition) is 5. The molecule has 1 atom stereocenters. The molecular weight excluding hydrogens is 368 g/mol. The summed E-state index contributed by atoms with van der Waals surface area (Å²) in [7, 11) is 0. The summed E-state index contributed by atoms with van der Waals surface area (Å²) in [5.41, 5.74) is 5.81. The third-order valence-electron chi connectivity index (χ3n) is 4.31. The van der Waals surface area contributed by atoms with Gasteiger partial charge < -0.3 is 19.9 Å². The van der Waals surface area contributed by atoms with Crippen LogP contribution in [-0.4, -0.2) is 42.4 Å². The summed E-state index contributed by atoms with van der Waals surface area (Å²) in [6.07, 6.45) is -0.729. The number of ether oxygens (including phenoxy) is 3. The van der Waals surface area contributed by atoms with E-state index >= 15 is 0 Å². The fourth-order valence-corrected chi connectivity index (χ4v) is 2.93. The van der Waals surface area contributed by atoms with Crippen molar-refractivity contribution >= 4 is 23.4 Å². The third-order valence-corrected chi connectivity index (χ3v) is 4.54. The van der Waals surface area contributed by atoms with Crippen LogP contribution >= 0.6 is 11.6 Å². The molecule has 1 aliphatic heterocycles. The van der Waals surface area contributed by atoms with E-state index in [-0.39, 0.29) is 18.8 Å². The van der Waals surface area contributed by atoms with Gasteiger partial charge in [0.15, 0.2) is 6.10 Å². The lowest BCUT2D eigenvalue weighted by Crippen LogP contribution is -2.49. The van der Waals surface area contributed by atoms with Crippen molar-refractivity contribution in [3.63, 3.8) is 0 Å². The maximum absolute atomic E-state index is 12.3. The summed E-state index contributed by atoms with van der Waals surface area (Å²) < 4.78 is 16.9. The fraction of sp³-hybridized carbons (Fsp3) is 0.350. The van der Waals surface area contributed by atoms with Crippen LogP contribution in [0.5, 0.6) is 11.5 Å². The van der Waals surface area contributed by atoms with Crippen molar-refractivity contribution in [3.8, 4) is 11.5 Å². The third kappa shape index (κ3) is 4.98. The van der Waals surface area contributed by atoms with Crippen LogP contribution in [0.25, 0.3) is 0 Å². The largest absolute Gasteiger partial charge is 0.491 e. The Hall–Kier alpha value is -2.60. The molecule has 1 amide bonds. The van der Waals surface area contributed by atoms with Crippen LogP contribution in [0.4, 0.5) is 10.5 Å². The van der Waals surface area contributed by atoms with Crippen molar-refractivity contribution in [2.75, 3.05) is 25.5 Å². The second-order valence-electron chi connectivity index (χ2n) is 7.05. The topological polar surface area (TPSA) is 74.0 Å². The number of carbonyl (C=O) groups is 1. The lowest BCUT2D eigenvalue weighted by molar-refractivity contribution is 0.0870. The zero-order valence-corrected chi connectivity index (χ0v) is 16.1. The van der Waals surface area contributed by atoms with Crippen molar-refractivity contribution in [2.45, 2.75) is 25.5 Å². The van der Waals surface area contributed by atoms with Gasteiger partial charge in [0.2, 0.25) is 0 Å². The number of anilines is 1. The highest BCUT2D eigenvalue weighted by molar-refractivity contribution is 6.30. The minimum atomic E-state index is -0.538. The van der Waals surface area contributed by atoms with E-state index in [4.69, 9.17) is 31.5 Å². The molecule has 6 nitrogen and oxygen atoms in total. The molecule has 7 heteroatoms. The monoisotopic (exact) mass is 390 g/mol. The van der Waals surface area contributed by atoms with Crippen LogP contribution in [0, 0.1) is 0 Å². The van der Waals surface area contributed by atoms with E-state index < -0.39 is 5.54 Å². The second-order valence-corrected chi connectivity index (χ2v) is 7.49. The molecule has 3 rings (SSSR count). The lowest BCUT2D eigenvalue weighted by Gasteiger charge is -2.33. The maximum Gasteiger partial charge on any atom is 0.410 e. The number of nitrogens with zero attached hydrogens (tertiary/aromatic N) is 1. The smallest absolute Gasteiger partial charge is 0.410 e. The van der Waals surface area contributed by atoms with Crippen molar-refractivity contribution in [2.24, 2.45) is 0 Å². The molecule has 27 heavy (non-hydrogen) atoms. The van der Waals surface area contributed by atoms with Gasteiger partial charge in [-0.2, -0.15) is 0 Å². The summed E-state index contributed by atoms with van der Waals surface area (Å²) in [6, 6.07) is 14.3. The van der Waals surface area contributed by atoms with Gasteiger partial charge in [-0.3, -0.25) is 4.90 Å². The van der Waals surface area contributed by atoms with E-state index in [1.807, 2.05) is 26.0 Å². The first-order valence-corrected chi connectivity index (χ1v) is 9.06. The molecule has 0 aromatic heterocycles. The Bertz CT molecular complexity index is 795. The molecule has 1 unspecified atom stereocenters. The van der Waals surface area contributed by atoms with Crippen molar-refractivity contribution in [3.05, 3.63) is 53.6 Å². The lowest BCUT2D eigenvalue weighted by atomic mass is 10.0. The SMILES string of the molecule is CC(C)(COc1ccc(N)cc1)N1CC(COc2cccc(Cl)c2)OC1=O. The van der Waals surface area contributed by atoms with Gasteiger partial charge in [-0.25, -0.2) is 4.79 Å². The van der Waals surface area contributed by atoms with E-state index in [0.29, 0.717) is 35.4 Å². The quantitative estimate of drug-likeness (QED) is 0.724. The van der Waals surface area contributed by atoms with Gasteiger partial charge in [-0.1, -0.05) is 17.7 Å². The number of rotatable bonds is 7. The van der Waals surface area contributed by atoms with E-state index in [2.05, 4.69) is 0 Å². The van der Waals surface area contributed by atoms with E-state index in [0.717, 1.165) is 0 Å². The molecule has 1 aliphatic rings. The average Bonchev–Trinajstić information content (AvgIpc) is 3.01. The van der Waals surface area contributed by atoms with Gasteiger partial charge in [0.1, 0.15) is 24.7 Å². The van der Waals surface area contributed by atoms with Gasteiger partial charge in [0.05, 0.1) is 12.1 Å². The number of benzene rings is 2. The molecule has 0 radical (unpaired) electrons. The first kappa shape index (κ1) is 19.2. The number of nitrogen functional groups attached to an aromatic ring is 1. The Labute approximate surface area is 163 Å². The number of cyclic esters (lactones) is 1. The number of nitrogens with two attached hydrogens (primary N) is 1. The van der Waals surface area contributed by atoms with E-state index in [9.17, 15) is 4.79 Å². The van der Waals surface area contributed by atoms with Crippen molar-refractivity contribution in [1.29, 1.82) is 0 Å². The summed E-state index contributed by atoms with van der Waals surface area (Å²) in [5, 5.41) is 0.596. The highest BCUT2D eigenvalue weighted by Gasteiger charge is 2.41. The van der Waals surface area contributed by atoms with Crippen molar-refractivity contribution < 1.29 is 19.0 Å². The maximum atomic E-state index is 12.3. The van der Waals surface area contributed by atoms with Crippen LogP contribution in [0.15, 0.2) is 48.5 Å². The number of halogens is 1. The normalized spacial score (nSPS) is 16.9. The van der Waals surface area contributed by atoms with Crippen LogP contribution < -0.4 is 15.2 Å². The highest BCUT2D eigenvalue weighted by Crippen LogP contribution is 2.25. The molecular formula is C20H23ClN2O4. The van der Waals surface area contributed by atoms with Gasteiger partial charge in [0.25, 0.3) is 0 Å². The Balaban J connectivity index is 1.54. The minimum Gasteiger partial charge on any atom is -0.491 e. The molecule has 2 N–H and O–H groups in total. The summed E-state index contributed by atoms with van der Waals surface area (Å²) in [4.78, 5) is 14.0. The summed E-state index contributed by atoms with van der Waals surface area (Å²) >= 11 is 5.95. The molecule has 1 heterocycles. The molecule has 2 aromatic carbocycles. The van der Waals surface area contributed by atoms with Crippen LogP contribution in [0.2, 0.25) is 5.02 Å². The molecule has 1 saturated heterocycles. The Kier molecular flexibility index (Phi) is 5.65. The zero-order chi connectivity index (χ0) is 19.4. The van der Waals surface area contributed by atoms with Gasteiger partial charge in [-0.15, -0.1) is 0 Å². The predicted octanol–water partition coefficient (Wildman–Crippen LogP) is 3.98. The van der Waals surface area contributed by atoms with Gasteiger partial charge in [-0.05, 0) is 56.3 Å². The Morgan fingerprint density at radius 2 is 1.93 bits per heavy atom. The molecule has 0 aliphatic carbocycles. The van der Waals surface area contributed by atoms with E-state index in [1.165, 1.54) is 0 Å². The van der Waals surface area contributed by atoms with Crippen LogP contribution in [0.3, 0.4) is 0 Å². The molecule has 144 valence electrons. The molecule has 1 fully saturated rings. The first-order chi connectivity index (χ1) is 12.8. The molecule has 0 bridgehead atoms. The number of carbonyl (C=O) groups excluding carboxylic acids is 1. The van der Waals surface area contributed by atoms with E-state index in [1.54, 1.807) is 41.3 Å². The summed E-state index contributed by atoms with van der Waals surface area (Å²) in [6.45, 7) is 4.89. The molecule has 0 spiro atoms. The molecule has 0 saturated carbocycles. The van der Waals surface area contributed by atoms with Crippen LogP contribution in [-0.2, 0) is 4.74 Å². The minimum absolute atomic E-state index is 0.261. The Morgan fingerprint density at radius 3 is 2.63 bits per heavy atom. The zero-order valence-electron chi connectivity index (χ0n) is 15.4. The fourth-order valence-electron chi connectivity index (χ4n) is 2.75. The highest BCUT2D eigenvalue weighted by atomic mass is 35.5. The Morgan fingerprint density at radius 1 is 1.19 bits per heavy atom. The predicted molar refractivity (Wildman–Crippen MR) is 104 cm³/mol. The van der Waals surface area contributed by atoms with Gasteiger partial charge >= 0.3 is 6.09 Å². The van der Waals surface area contributed by atoms with Crippen molar-refractivity contribution in [1.82, 2.24) is 4.90 Å². The summed E-state index contributed by atoms with van der Waals surface area (Å²) in [5.74, 6) is 1.34. The number of hydrogen-bond donors (Lipinski definition) is 1. The first-order valence-electron chi connectivity index (χ1n) is 8.68. The van der Waals surface area contributed by atoms with Gasteiger partial charge in [0, 0.05) is 10.7 Å².